The van der Waals surface area contributed by atoms with Gasteiger partial charge in [0.05, 0.1) is 12.2 Å². The van der Waals surface area contributed by atoms with Gasteiger partial charge in [0.15, 0.2) is 0 Å². The Kier molecular flexibility index (Phi) is 4.92. The summed E-state index contributed by atoms with van der Waals surface area (Å²) in [5, 5.41) is 11.6. The molecule has 1 rings (SSSR count). The Labute approximate surface area is 112 Å². The molecule has 0 atom stereocenters. The van der Waals surface area contributed by atoms with Crippen LogP contribution in [0.3, 0.4) is 0 Å². The molecule has 1 aromatic rings. The second-order valence-electron chi connectivity index (χ2n) is 4.99. The monoisotopic (exact) mass is 265 g/mol. The number of carbonyl (C=O) groups excluding carboxylic acids is 1. The molecule has 0 saturated carbocycles. The van der Waals surface area contributed by atoms with Gasteiger partial charge in [0.25, 0.3) is 0 Å². The fourth-order valence-electron chi connectivity index (χ4n) is 1.66. The average Bonchev–Trinajstić information content (AvgIpc) is 2.27. The van der Waals surface area contributed by atoms with Gasteiger partial charge in [-0.15, -0.1) is 0 Å². The van der Waals surface area contributed by atoms with Crippen LogP contribution in [-0.2, 0) is 4.79 Å². The van der Waals surface area contributed by atoms with E-state index < -0.39 is 5.97 Å². The molecule has 19 heavy (non-hydrogen) atoms. The highest BCUT2D eigenvalue weighted by atomic mass is 16.5. The lowest BCUT2D eigenvalue weighted by atomic mass is 10.0. The Hall–Kier alpha value is -2.04. The van der Waals surface area contributed by atoms with Crippen molar-refractivity contribution < 1.29 is 19.4 Å². The van der Waals surface area contributed by atoms with Crippen LogP contribution in [0, 0.1) is 0 Å². The normalized spacial score (nSPS) is 10.9. The van der Waals surface area contributed by atoms with E-state index in [9.17, 15) is 9.59 Å². The molecule has 0 aromatic heterocycles. The number of aromatic carboxylic acids is 1. The number of ether oxygens (including phenoxy) is 1. The zero-order valence-electron chi connectivity index (χ0n) is 11.4. The number of carboxylic acid groups (broad SMARTS) is 1. The lowest BCUT2D eigenvalue weighted by molar-refractivity contribution is -0.120. The van der Waals surface area contributed by atoms with Crippen molar-refractivity contribution in [1.82, 2.24) is 5.32 Å². The van der Waals surface area contributed by atoms with Gasteiger partial charge in [0, 0.05) is 18.9 Å². The molecule has 0 aliphatic carbocycles. The molecular weight excluding hydrogens is 246 g/mol. The molecule has 0 radical (unpaired) electrons. The van der Waals surface area contributed by atoms with E-state index in [-0.39, 0.29) is 17.0 Å². The van der Waals surface area contributed by atoms with Gasteiger partial charge < -0.3 is 15.2 Å². The van der Waals surface area contributed by atoms with Crippen LogP contribution >= 0.6 is 0 Å². The summed E-state index contributed by atoms with van der Waals surface area (Å²) in [4.78, 5) is 21.7. The highest BCUT2D eigenvalue weighted by Gasteiger charge is 2.18. The molecular formula is C14H19NO4. The summed E-state index contributed by atoms with van der Waals surface area (Å²) in [6.07, 6.45) is 0.660. The van der Waals surface area contributed by atoms with Crippen LogP contribution in [0.25, 0.3) is 0 Å². The molecule has 5 nitrogen and oxygen atoms in total. The Balaban J connectivity index is 2.45. The van der Waals surface area contributed by atoms with Gasteiger partial charge in [-0.25, -0.2) is 4.79 Å². The Morgan fingerprint density at radius 3 is 2.32 bits per heavy atom. The topological polar surface area (TPSA) is 75.6 Å². The minimum atomic E-state index is -0.960. The van der Waals surface area contributed by atoms with Gasteiger partial charge >= 0.3 is 5.97 Å². The molecule has 0 saturated heterocycles. The predicted octanol–water partition coefficient (Wildman–Crippen LogP) is 2.07. The van der Waals surface area contributed by atoms with E-state index in [1.165, 1.54) is 19.1 Å². The first kappa shape index (κ1) is 15.0. The lowest BCUT2D eigenvalue weighted by Crippen LogP contribution is -2.43. The van der Waals surface area contributed by atoms with Gasteiger partial charge in [0.1, 0.15) is 5.75 Å². The highest BCUT2D eigenvalue weighted by molar-refractivity contribution is 5.87. The molecule has 104 valence electrons. The number of carbonyl (C=O) groups is 2. The SMILES string of the molecule is CC(=O)NC(C)(C)CCOc1ccc(C(=O)O)cc1. The molecule has 0 fully saturated rings. The molecule has 5 heteroatoms. The van der Waals surface area contributed by atoms with Crippen LogP contribution in [-0.4, -0.2) is 29.1 Å². The number of rotatable bonds is 6. The summed E-state index contributed by atoms with van der Waals surface area (Å²) in [5.41, 5.74) is -0.0988. The smallest absolute Gasteiger partial charge is 0.335 e. The van der Waals surface area contributed by atoms with Crippen molar-refractivity contribution in [3.05, 3.63) is 29.8 Å². The number of nitrogens with one attached hydrogen (secondary N) is 1. The fraction of sp³-hybridized carbons (Fsp3) is 0.429. The predicted molar refractivity (Wildman–Crippen MR) is 71.4 cm³/mol. The van der Waals surface area contributed by atoms with Crippen molar-refractivity contribution in [2.24, 2.45) is 0 Å². The van der Waals surface area contributed by atoms with E-state index in [0.717, 1.165) is 0 Å². The maximum atomic E-state index is 11.0. The highest BCUT2D eigenvalue weighted by Crippen LogP contribution is 2.14. The summed E-state index contributed by atoms with van der Waals surface area (Å²) in [6.45, 7) is 5.77. The van der Waals surface area contributed by atoms with E-state index in [2.05, 4.69) is 5.32 Å². The van der Waals surface area contributed by atoms with Gasteiger partial charge in [-0.2, -0.15) is 0 Å². The first-order valence-electron chi connectivity index (χ1n) is 6.05. The van der Waals surface area contributed by atoms with Crippen LogP contribution < -0.4 is 10.1 Å². The summed E-state index contributed by atoms with van der Waals surface area (Å²) >= 11 is 0. The van der Waals surface area contributed by atoms with E-state index in [4.69, 9.17) is 9.84 Å². The van der Waals surface area contributed by atoms with E-state index >= 15 is 0 Å². The lowest BCUT2D eigenvalue weighted by Gasteiger charge is -2.25. The van der Waals surface area contributed by atoms with E-state index in [1.54, 1.807) is 12.1 Å². The summed E-state index contributed by atoms with van der Waals surface area (Å²) in [6, 6.07) is 6.23. The van der Waals surface area contributed by atoms with Gasteiger partial charge in [-0.05, 0) is 38.1 Å². The van der Waals surface area contributed by atoms with Crippen molar-refractivity contribution >= 4 is 11.9 Å². The first-order valence-corrected chi connectivity index (χ1v) is 6.05. The molecule has 2 N–H and O–H groups in total. The number of hydrogen-bond donors (Lipinski definition) is 2. The van der Waals surface area contributed by atoms with E-state index in [0.29, 0.717) is 18.8 Å². The minimum absolute atomic E-state index is 0.0733. The molecule has 1 aromatic carbocycles. The maximum absolute atomic E-state index is 11.0. The standard InChI is InChI=1S/C14H19NO4/c1-10(16)15-14(2,3)8-9-19-12-6-4-11(5-7-12)13(17)18/h4-7H,8-9H2,1-3H3,(H,15,16)(H,17,18). The van der Waals surface area contributed by atoms with Crippen LogP contribution in [0.4, 0.5) is 0 Å². The molecule has 0 spiro atoms. The molecule has 0 unspecified atom stereocenters. The van der Waals surface area contributed by atoms with Crippen LogP contribution in [0.2, 0.25) is 0 Å². The Morgan fingerprint density at radius 1 is 1.26 bits per heavy atom. The first-order chi connectivity index (χ1) is 8.80. The van der Waals surface area contributed by atoms with Crippen LogP contribution in [0.1, 0.15) is 37.6 Å². The molecule has 1 amide bonds. The number of amides is 1. The van der Waals surface area contributed by atoms with Crippen molar-refractivity contribution in [2.75, 3.05) is 6.61 Å². The average molecular weight is 265 g/mol. The third-order valence-corrected chi connectivity index (χ3v) is 2.61. The zero-order chi connectivity index (χ0) is 14.5. The summed E-state index contributed by atoms with van der Waals surface area (Å²) in [7, 11) is 0. The van der Waals surface area contributed by atoms with Crippen molar-refractivity contribution in [3.8, 4) is 5.75 Å². The molecule has 0 heterocycles. The number of carboxylic acids is 1. The molecule has 0 bridgehead atoms. The largest absolute Gasteiger partial charge is 0.494 e. The third-order valence-electron chi connectivity index (χ3n) is 2.61. The van der Waals surface area contributed by atoms with Gasteiger partial charge in [-0.1, -0.05) is 0 Å². The second kappa shape index (κ2) is 6.22. The van der Waals surface area contributed by atoms with Crippen LogP contribution in [0.15, 0.2) is 24.3 Å². The fourth-order valence-corrected chi connectivity index (χ4v) is 1.66. The Bertz CT molecular complexity index is 451. The van der Waals surface area contributed by atoms with Crippen molar-refractivity contribution in [1.29, 1.82) is 0 Å². The second-order valence-corrected chi connectivity index (χ2v) is 4.99. The Morgan fingerprint density at radius 2 is 1.84 bits per heavy atom. The minimum Gasteiger partial charge on any atom is -0.494 e. The van der Waals surface area contributed by atoms with Gasteiger partial charge in [0.2, 0.25) is 5.91 Å². The van der Waals surface area contributed by atoms with Crippen molar-refractivity contribution in [2.45, 2.75) is 32.7 Å². The number of hydrogen-bond acceptors (Lipinski definition) is 3. The zero-order valence-corrected chi connectivity index (χ0v) is 11.4. The summed E-state index contributed by atoms with van der Waals surface area (Å²) in [5.74, 6) is -0.419. The van der Waals surface area contributed by atoms with E-state index in [1.807, 2.05) is 13.8 Å². The molecule has 0 aliphatic rings. The maximum Gasteiger partial charge on any atom is 0.335 e. The number of benzene rings is 1. The third kappa shape index (κ3) is 5.42. The van der Waals surface area contributed by atoms with Crippen molar-refractivity contribution in [3.63, 3.8) is 0 Å². The quantitative estimate of drug-likeness (QED) is 0.825. The van der Waals surface area contributed by atoms with Crippen LogP contribution in [0.5, 0.6) is 5.75 Å². The van der Waals surface area contributed by atoms with Gasteiger partial charge in [-0.3, -0.25) is 4.79 Å². The molecule has 0 aliphatic heterocycles. The summed E-state index contributed by atoms with van der Waals surface area (Å²) < 4.78 is 5.51.